The molecule has 1 fully saturated rings. The zero-order valence-corrected chi connectivity index (χ0v) is 15.7. The smallest absolute Gasteiger partial charge is 0.170 e. The van der Waals surface area contributed by atoms with E-state index >= 15 is 0 Å². The number of ether oxygens (including phenoxy) is 1. The lowest BCUT2D eigenvalue weighted by Crippen LogP contribution is -3.12. The molecule has 0 saturated carbocycles. The lowest BCUT2D eigenvalue weighted by molar-refractivity contribution is -0.887. The summed E-state index contributed by atoms with van der Waals surface area (Å²) in [5.74, 6) is 0.873. The van der Waals surface area contributed by atoms with Gasteiger partial charge in [0.1, 0.15) is 18.3 Å². The van der Waals surface area contributed by atoms with Crippen LogP contribution >= 0.6 is 12.2 Å². The van der Waals surface area contributed by atoms with Gasteiger partial charge in [0.15, 0.2) is 5.11 Å². The molecule has 0 radical (unpaired) electrons. The van der Waals surface area contributed by atoms with Crippen LogP contribution in [-0.4, -0.2) is 43.8 Å². The van der Waals surface area contributed by atoms with E-state index in [2.05, 4.69) is 59.7 Å². The maximum Gasteiger partial charge on any atom is 0.170 e. The van der Waals surface area contributed by atoms with Gasteiger partial charge in [-0.05, 0) is 35.5 Å². The molecule has 1 aliphatic rings. The predicted molar refractivity (Wildman–Crippen MR) is 105 cm³/mol. The van der Waals surface area contributed by atoms with Crippen molar-refractivity contribution in [2.75, 3.05) is 33.8 Å². The van der Waals surface area contributed by atoms with Gasteiger partial charge in [-0.25, -0.2) is 0 Å². The van der Waals surface area contributed by atoms with E-state index in [4.69, 9.17) is 17.0 Å². The minimum atomic E-state index is 0.325. The van der Waals surface area contributed by atoms with Gasteiger partial charge in [-0.2, -0.15) is 0 Å². The Bertz CT molecular complexity index is 690. The van der Waals surface area contributed by atoms with E-state index in [1.807, 2.05) is 12.1 Å². The first-order chi connectivity index (χ1) is 12.2. The molecule has 2 N–H and O–H groups in total. The number of hydrogen-bond donors (Lipinski definition) is 2. The van der Waals surface area contributed by atoms with Crippen LogP contribution in [0.5, 0.6) is 5.75 Å². The van der Waals surface area contributed by atoms with E-state index in [9.17, 15) is 0 Å². The van der Waals surface area contributed by atoms with E-state index in [1.165, 1.54) is 11.1 Å². The molecular formula is C20H26N3OS+. The van der Waals surface area contributed by atoms with Gasteiger partial charge in [0.2, 0.25) is 0 Å². The molecule has 1 saturated heterocycles. The standard InChI is InChI=1S/C20H25N3OS/c1-22-12-13-23(19(15-22)17-6-4-3-5-7-17)20(25)21-14-16-8-10-18(24-2)11-9-16/h3-11,19H,12-15H2,1-2H3,(H,21,25)/p+1/t19-/m0/s1. The number of nitrogens with zero attached hydrogens (tertiary/aromatic N) is 1. The molecule has 0 aromatic heterocycles. The average Bonchev–Trinajstić information content (AvgIpc) is 2.67. The molecule has 2 aromatic rings. The summed E-state index contributed by atoms with van der Waals surface area (Å²) in [6.07, 6.45) is 0. The van der Waals surface area contributed by atoms with E-state index in [1.54, 1.807) is 12.0 Å². The van der Waals surface area contributed by atoms with Gasteiger partial charge in [-0.3, -0.25) is 0 Å². The highest BCUT2D eigenvalue weighted by Crippen LogP contribution is 2.21. The maximum atomic E-state index is 5.72. The van der Waals surface area contributed by atoms with Gasteiger partial charge in [0.05, 0.1) is 27.2 Å². The fourth-order valence-electron chi connectivity index (χ4n) is 3.25. The fourth-order valence-corrected chi connectivity index (χ4v) is 3.54. The summed E-state index contributed by atoms with van der Waals surface area (Å²) in [4.78, 5) is 3.88. The highest BCUT2D eigenvalue weighted by atomic mass is 32.1. The Morgan fingerprint density at radius 2 is 1.92 bits per heavy atom. The number of rotatable bonds is 4. The normalized spacial score (nSPS) is 20.2. The zero-order chi connectivity index (χ0) is 17.6. The van der Waals surface area contributed by atoms with Crippen molar-refractivity contribution in [3.8, 4) is 5.75 Å². The second-order valence-electron chi connectivity index (χ2n) is 6.54. The number of likely N-dealkylation sites (N-methyl/N-ethyl adjacent to an activating group) is 1. The number of piperazine rings is 1. The van der Waals surface area contributed by atoms with Crippen molar-refractivity contribution in [3.63, 3.8) is 0 Å². The summed E-state index contributed by atoms with van der Waals surface area (Å²) >= 11 is 5.72. The van der Waals surface area contributed by atoms with Crippen LogP contribution in [0.15, 0.2) is 54.6 Å². The first-order valence-corrected chi connectivity index (χ1v) is 9.12. The summed E-state index contributed by atoms with van der Waals surface area (Å²) in [6.45, 7) is 3.87. The topological polar surface area (TPSA) is 28.9 Å². The summed E-state index contributed by atoms with van der Waals surface area (Å²) < 4.78 is 5.21. The lowest BCUT2D eigenvalue weighted by Gasteiger charge is -2.39. The predicted octanol–water partition coefficient (Wildman–Crippen LogP) is 1.64. The molecule has 0 amide bonds. The Labute approximate surface area is 155 Å². The monoisotopic (exact) mass is 356 g/mol. The third-order valence-corrected chi connectivity index (χ3v) is 5.12. The van der Waals surface area contributed by atoms with Gasteiger partial charge < -0.3 is 19.9 Å². The van der Waals surface area contributed by atoms with E-state index < -0.39 is 0 Å². The summed E-state index contributed by atoms with van der Waals surface area (Å²) in [7, 11) is 3.93. The van der Waals surface area contributed by atoms with Crippen LogP contribution in [0.1, 0.15) is 17.2 Å². The first kappa shape index (κ1) is 17.7. The molecule has 4 nitrogen and oxygen atoms in total. The Morgan fingerprint density at radius 3 is 2.60 bits per heavy atom. The number of quaternary nitrogens is 1. The number of hydrogen-bond acceptors (Lipinski definition) is 2. The van der Waals surface area contributed by atoms with Crippen LogP contribution in [-0.2, 0) is 6.54 Å². The fraction of sp³-hybridized carbons (Fsp3) is 0.350. The molecule has 25 heavy (non-hydrogen) atoms. The van der Waals surface area contributed by atoms with Crippen molar-refractivity contribution in [2.24, 2.45) is 0 Å². The highest BCUT2D eigenvalue weighted by Gasteiger charge is 2.30. The molecule has 2 atom stereocenters. The zero-order valence-electron chi connectivity index (χ0n) is 14.9. The van der Waals surface area contributed by atoms with Crippen LogP contribution in [0.3, 0.4) is 0 Å². The summed E-state index contributed by atoms with van der Waals surface area (Å²) in [5, 5.41) is 4.26. The Balaban J connectivity index is 1.66. The van der Waals surface area contributed by atoms with Crippen molar-refractivity contribution >= 4 is 17.3 Å². The molecule has 0 aliphatic carbocycles. The molecule has 132 valence electrons. The Morgan fingerprint density at radius 1 is 1.20 bits per heavy atom. The largest absolute Gasteiger partial charge is 0.497 e. The number of thiocarbonyl (C=S) groups is 1. The molecular weight excluding hydrogens is 330 g/mol. The van der Waals surface area contributed by atoms with E-state index in [-0.39, 0.29) is 0 Å². The van der Waals surface area contributed by atoms with Gasteiger partial charge in [-0.1, -0.05) is 42.5 Å². The molecule has 2 aromatic carbocycles. The third kappa shape index (κ3) is 4.50. The number of benzene rings is 2. The van der Waals surface area contributed by atoms with Gasteiger partial charge in [0.25, 0.3) is 0 Å². The molecule has 1 heterocycles. The van der Waals surface area contributed by atoms with Gasteiger partial charge in [0, 0.05) is 6.54 Å². The quantitative estimate of drug-likeness (QED) is 0.815. The van der Waals surface area contributed by atoms with Crippen LogP contribution in [0.2, 0.25) is 0 Å². The van der Waals surface area contributed by atoms with Crippen molar-refractivity contribution in [2.45, 2.75) is 12.6 Å². The summed E-state index contributed by atoms with van der Waals surface area (Å²) in [6, 6.07) is 19.1. The maximum absolute atomic E-state index is 5.72. The molecule has 1 aliphatic heterocycles. The van der Waals surface area contributed by atoms with Crippen molar-refractivity contribution in [1.29, 1.82) is 0 Å². The molecule has 0 spiro atoms. The minimum Gasteiger partial charge on any atom is -0.497 e. The highest BCUT2D eigenvalue weighted by molar-refractivity contribution is 7.80. The SMILES string of the molecule is COc1ccc(CNC(=S)N2CC[NH+](C)C[C@H]2c2ccccc2)cc1. The second-order valence-corrected chi connectivity index (χ2v) is 6.92. The van der Waals surface area contributed by atoms with Crippen molar-refractivity contribution in [3.05, 3.63) is 65.7 Å². The van der Waals surface area contributed by atoms with E-state index in [0.29, 0.717) is 6.04 Å². The van der Waals surface area contributed by atoms with Crippen LogP contribution in [0, 0.1) is 0 Å². The first-order valence-electron chi connectivity index (χ1n) is 8.71. The van der Waals surface area contributed by atoms with Gasteiger partial charge >= 0.3 is 0 Å². The number of methoxy groups -OCH3 is 1. The van der Waals surface area contributed by atoms with Crippen molar-refractivity contribution in [1.82, 2.24) is 10.2 Å². The van der Waals surface area contributed by atoms with Crippen LogP contribution in [0.25, 0.3) is 0 Å². The second kappa shape index (κ2) is 8.32. The Hall–Kier alpha value is -2.11. The number of nitrogens with one attached hydrogen (secondary N) is 2. The Kier molecular flexibility index (Phi) is 5.89. The molecule has 0 bridgehead atoms. The minimum absolute atomic E-state index is 0.325. The summed E-state index contributed by atoms with van der Waals surface area (Å²) in [5.41, 5.74) is 2.52. The van der Waals surface area contributed by atoms with Crippen LogP contribution in [0.4, 0.5) is 0 Å². The molecule has 3 rings (SSSR count). The molecule has 5 heteroatoms. The third-order valence-electron chi connectivity index (χ3n) is 4.75. The lowest BCUT2D eigenvalue weighted by atomic mass is 10.0. The van der Waals surface area contributed by atoms with Crippen molar-refractivity contribution < 1.29 is 9.64 Å². The molecule has 1 unspecified atom stereocenters. The average molecular weight is 357 g/mol. The van der Waals surface area contributed by atoms with E-state index in [0.717, 1.165) is 37.0 Å². The van der Waals surface area contributed by atoms with Gasteiger partial charge in [-0.15, -0.1) is 0 Å². The van der Waals surface area contributed by atoms with Crippen LogP contribution < -0.4 is 15.0 Å².